The summed E-state index contributed by atoms with van der Waals surface area (Å²) in [4.78, 5) is 2.89. The summed E-state index contributed by atoms with van der Waals surface area (Å²) in [6.07, 6.45) is 6.57. The largest absolute Gasteiger partial charge is 0.121 e. The van der Waals surface area contributed by atoms with Gasteiger partial charge in [-0.05, 0) is 11.5 Å². The molecule has 0 aliphatic carbocycles. The van der Waals surface area contributed by atoms with Gasteiger partial charge < -0.3 is 0 Å². The Morgan fingerprint density at radius 2 is 2.33 bits per heavy atom. The molecule has 2 aliphatic heterocycles. The molecule has 0 aromatic rings. The van der Waals surface area contributed by atoms with Crippen LogP contribution in [0.1, 0.15) is 0 Å². The standard InChI is InChI=1S/C7H6S2/c1-2-6-7(8-4-1)3-5-9-6/h1-4H,5H2. The SMILES string of the molecule is C1=CSC2=CCSC2=C1. The van der Waals surface area contributed by atoms with E-state index in [4.69, 9.17) is 0 Å². The van der Waals surface area contributed by atoms with Crippen molar-refractivity contribution in [1.29, 1.82) is 0 Å². The van der Waals surface area contributed by atoms with Gasteiger partial charge >= 0.3 is 0 Å². The van der Waals surface area contributed by atoms with Gasteiger partial charge in [-0.2, -0.15) is 0 Å². The molecule has 2 aliphatic rings. The highest BCUT2D eigenvalue weighted by Gasteiger charge is 2.12. The highest BCUT2D eigenvalue weighted by Crippen LogP contribution is 2.40. The van der Waals surface area contributed by atoms with Gasteiger partial charge in [0.05, 0.1) is 0 Å². The summed E-state index contributed by atoms with van der Waals surface area (Å²) in [6, 6.07) is 0. The Hall–Kier alpha value is -0.0800. The summed E-state index contributed by atoms with van der Waals surface area (Å²) < 4.78 is 0. The zero-order valence-electron chi connectivity index (χ0n) is 4.83. The predicted molar refractivity (Wildman–Crippen MR) is 45.4 cm³/mol. The van der Waals surface area contributed by atoms with Crippen LogP contribution in [-0.4, -0.2) is 5.75 Å². The third kappa shape index (κ3) is 0.970. The van der Waals surface area contributed by atoms with E-state index in [1.165, 1.54) is 9.81 Å². The molecule has 0 nitrogen and oxygen atoms in total. The predicted octanol–water partition coefficient (Wildman–Crippen LogP) is 2.76. The lowest BCUT2D eigenvalue weighted by molar-refractivity contribution is 1.77. The van der Waals surface area contributed by atoms with Gasteiger partial charge in [0.2, 0.25) is 0 Å². The average molecular weight is 154 g/mol. The first-order valence-electron chi connectivity index (χ1n) is 2.83. The summed E-state index contributed by atoms with van der Waals surface area (Å²) in [5.41, 5.74) is 0. The molecule has 0 saturated heterocycles. The van der Waals surface area contributed by atoms with Gasteiger partial charge in [-0.3, -0.25) is 0 Å². The number of thioether (sulfide) groups is 2. The van der Waals surface area contributed by atoms with Crippen LogP contribution in [0, 0.1) is 0 Å². The lowest BCUT2D eigenvalue weighted by atomic mass is 10.4. The molecule has 0 spiro atoms. The minimum Gasteiger partial charge on any atom is -0.121 e. The molecule has 0 amide bonds. The summed E-state index contributed by atoms with van der Waals surface area (Å²) in [5, 5.41) is 2.13. The molecule has 2 heteroatoms. The van der Waals surface area contributed by atoms with Crippen molar-refractivity contribution in [1.82, 2.24) is 0 Å². The summed E-state index contributed by atoms with van der Waals surface area (Å²) >= 11 is 3.75. The molecule has 0 aromatic carbocycles. The van der Waals surface area contributed by atoms with E-state index in [1.807, 2.05) is 23.5 Å². The normalized spacial score (nSPS) is 23.1. The Morgan fingerprint density at radius 3 is 3.22 bits per heavy atom. The molecular formula is C7H6S2. The van der Waals surface area contributed by atoms with Crippen molar-refractivity contribution in [3.63, 3.8) is 0 Å². The molecule has 9 heavy (non-hydrogen) atoms. The van der Waals surface area contributed by atoms with E-state index in [0.29, 0.717) is 0 Å². The van der Waals surface area contributed by atoms with Crippen LogP contribution in [0.5, 0.6) is 0 Å². The van der Waals surface area contributed by atoms with Gasteiger partial charge in [-0.25, -0.2) is 0 Å². The molecule has 0 N–H and O–H groups in total. The van der Waals surface area contributed by atoms with E-state index >= 15 is 0 Å². The van der Waals surface area contributed by atoms with Crippen molar-refractivity contribution in [3.05, 3.63) is 33.4 Å². The van der Waals surface area contributed by atoms with Gasteiger partial charge in [-0.15, -0.1) is 11.8 Å². The number of fused-ring (bicyclic) bond motifs is 1. The van der Waals surface area contributed by atoms with Crippen LogP contribution in [0.3, 0.4) is 0 Å². The van der Waals surface area contributed by atoms with Crippen molar-refractivity contribution in [2.24, 2.45) is 0 Å². The fraction of sp³-hybridized carbons (Fsp3) is 0.143. The van der Waals surface area contributed by atoms with Crippen molar-refractivity contribution in [3.8, 4) is 0 Å². The van der Waals surface area contributed by atoms with E-state index in [-0.39, 0.29) is 0 Å². The minimum absolute atomic E-state index is 1.16. The molecule has 46 valence electrons. The van der Waals surface area contributed by atoms with Crippen molar-refractivity contribution < 1.29 is 0 Å². The van der Waals surface area contributed by atoms with Crippen LogP contribution in [0.4, 0.5) is 0 Å². The van der Waals surface area contributed by atoms with Gasteiger partial charge in [0, 0.05) is 15.6 Å². The Balaban J connectivity index is 2.37. The molecule has 0 unspecified atom stereocenters. The van der Waals surface area contributed by atoms with Crippen LogP contribution in [0.25, 0.3) is 0 Å². The van der Waals surface area contributed by atoms with Crippen molar-refractivity contribution in [2.45, 2.75) is 0 Å². The topological polar surface area (TPSA) is 0 Å². The first kappa shape index (κ1) is 5.69. The maximum atomic E-state index is 2.28. The van der Waals surface area contributed by atoms with E-state index in [1.54, 1.807) is 0 Å². The van der Waals surface area contributed by atoms with E-state index in [2.05, 4.69) is 23.6 Å². The van der Waals surface area contributed by atoms with E-state index in [9.17, 15) is 0 Å². The third-order valence-corrected chi connectivity index (χ3v) is 3.33. The zero-order valence-corrected chi connectivity index (χ0v) is 6.47. The van der Waals surface area contributed by atoms with Gasteiger partial charge in [0.1, 0.15) is 0 Å². The van der Waals surface area contributed by atoms with E-state index < -0.39 is 0 Å². The zero-order chi connectivity index (χ0) is 6.10. The Bertz CT molecular complexity index is 211. The maximum Gasteiger partial charge on any atom is 0.0220 e. The number of allylic oxidation sites excluding steroid dienone is 2. The molecule has 2 heterocycles. The molecule has 2 rings (SSSR count). The summed E-state index contributed by atoms with van der Waals surface area (Å²) in [5.74, 6) is 1.16. The fourth-order valence-corrected chi connectivity index (χ4v) is 2.78. The van der Waals surface area contributed by atoms with Gasteiger partial charge in [-0.1, -0.05) is 23.9 Å². The molecule has 0 saturated carbocycles. The average Bonchev–Trinajstić information content (AvgIpc) is 2.33. The summed E-state index contributed by atoms with van der Waals surface area (Å²) in [7, 11) is 0. The molecule has 0 fully saturated rings. The van der Waals surface area contributed by atoms with E-state index in [0.717, 1.165) is 5.75 Å². The van der Waals surface area contributed by atoms with Crippen LogP contribution in [-0.2, 0) is 0 Å². The molecule has 0 radical (unpaired) electrons. The lowest BCUT2D eigenvalue weighted by Crippen LogP contribution is -1.74. The summed E-state index contributed by atoms with van der Waals surface area (Å²) in [6.45, 7) is 0. The second-order valence-corrected chi connectivity index (χ2v) is 3.87. The smallest absolute Gasteiger partial charge is 0.0220 e. The molecular weight excluding hydrogens is 148 g/mol. The minimum atomic E-state index is 1.16. The number of rotatable bonds is 0. The van der Waals surface area contributed by atoms with Gasteiger partial charge in [0.15, 0.2) is 0 Å². The van der Waals surface area contributed by atoms with Crippen LogP contribution in [0.15, 0.2) is 33.4 Å². The highest BCUT2D eigenvalue weighted by atomic mass is 32.2. The first-order valence-corrected chi connectivity index (χ1v) is 4.70. The highest BCUT2D eigenvalue weighted by molar-refractivity contribution is 8.10. The maximum absolute atomic E-state index is 2.28. The fourth-order valence-electron chi connectivity index (χ4n) is 0.855. The Labute approximate surface area is 63.1 Å². The molecule has 0 atom stereocenters. The molecule has 0 bridgehead atoms. The third-order valence-electron chi connectivity index (χ3n) is 1.27. The number of hydrogen-bond acceptors (Lipinski definition) is 2. The van der Waals surface area contributed by atoms with Crippen molar-refractivity contribution >= 4 is 23.5 Å². The van der Waals surface area contributed by atoms with Gasteiger partial charge in [0.25, 0.3) is 0 Å². The number of hydrogen-bond donors (Lipinski definition) is 0. The van der Waals surface area contributed by atoms with Crippen LogP contribution in [0.2, 0.25) is 0 Å². The van der Waals surface area contributed by atoms with Crippen LogP contribution >= 0.6 is 23.5 Å². The lowest BCUT2D eigenvalue weighted by Gasteiger charge is -2.02. The monoisotopic (exact) mass is 154 g/mol. The molecule has 0 aromatic heterocycles. The second kappa shape index (κ2) is 2.27. The van der Waals surface area contributed by atoms with Crippen LogP contribution < -0.4 is 0 Å². The first-order chi connectivity index (χ1) is 4.47. The van der Waals surface area contributed by atoms with Crippen molar-refractivity contribution in [2.75, 3.05) is 5.75 Å². The quantitative estimate of drug-likeness (QED) is 0.526. The Kier molecular flexibility index (Phi) is 1.44. The Morgan fingerprint density at radius 1 is 1.33 bits per heavy atom. The second-order valence-electron chi connectivity index (χ2n) is 1.86.